The van der Waals surface area contributed by atoms with Gasteiger partial charge in [0.05, 0.1) is 11.4 Å². The quantitative estimate of drug-likeness (QED) is 0.830. The molecule has 3 rings (SSSR count). The number of cyclic esters (lactones) is 1. The number of hydrogen-bond donors (Lipinski definition) is 0. The minimum absolute atomic E-state index is 0.109. The molecule has 0 radical (unpaired) electrons. The van der Waals surface area contributed by atoms with E-state index in [-0.39, 0.29) is 18.0 Å². The lowest BCUT2D eigenvalue weighted by Gasteiger charge is -2.35. The average Bonchev–Trinajstić information content (AvgIpc) is 3.09. The van der Waals surface area contributed by atoms with Crippen molar-refractivity contribution in [2.75, 3.05) is 26.2 Å². The van der Waals surface area contributed by atoms with Gasteiger partial charge >= 0.3 is 6.09 Å². The minimum Gasteiger partial charge on any atom is -0.448 e. The van der Waals surface area contributed by atoms with Crippen LogP contribution in [0.2, 0.25) is 0 Å². The third kappa shape index (κ3) is 2.45. The van der Waals surface area contributed by atoms with Crippen LogP contribution in [0.3, 0.4) is 0 Å². The van der Waals surface area contributed by atoms with Gasteiger partial charge in [0.25, 0.3) is 5.91 Å². The highest BCUT2D eigenvalue weighted by molar-refractivity contribution is 7.12. The van der Waals surface area contributed by atoms with Gasteiger partial charge < -0.3 is 14.5 Å². The summed E-state index contributed by atoms with van der Waals surface area (Å²) in [5, 5.41) is 1.92. The summed E-state index contributed by atoms with van der Waals surface area (Å²) in [5.41, 5.74) is 0. The molecule has 2 saturated heterocycles. The SMILES string of the molecule is O=C(c1cccs1)N1CCC(N2CCOC2=O)CC1. The Kier molecular flexibility index (Phi) is 3.42. The molecule has 0 atom stereocenters. The Hall–Kier alpha value is -1.56. The Morgan fingerprint density at radius 1 is 1.32 bits per heavy atom. The van der Waals surface area contributed by atoms with E-state index >= 15 is 0 Å². The number of ether oxygens (including phenoxy) is 1. The van der Waals surface area contributed by atoms with Gasteiger partial charge in [-0.2, -0.15) is 0 Å². The van der Waals surface area contributed by atoms with Crippen molar-refractivity contribution >= 4 is 23.3 Å². The summed E-state index contributed by atoms with van der Waals surface area (Å²) in [4.78, 5) is 28.2. The monoisotopic (exact) mass is 280 g/mol. The van der Waals surface area contributed by atoms with Crippen molar-refractivity contribution in [1.29, 1.82) is 0 Å². The molecule has 2 amide bonds. The number of likely N-dealkylation sites (tertiary alicyclic amines) is 1. The maximum absolute atomic E-state index is 12.2. The highest BCUT2D eigenvalue weighted by Crippen LogP contribution is 2.22. The normalized spacial score (nSPS) is 20.7. The zero-order valence-corrected chi connectivity index (χ0v) is 11.4. The van der Waals surface area contributed by atoms with Gasteiger partial charge in [-0.15, -0.1) is 11.3 Å². The predicted molar refractivity (Wildman–Crippen MR) is 71.3 cm³/mol. The standard InChI is InChI=1S/C13H16N2O3S/c16-12(11-2-1-9-19-11)14-5-3-10(4-6-14)15-7-8-18-13(15)17/h1-2,9-10H,3-8H2. The predicted octanol–water partition coefficient (Wildman–Crippen LogP) is 1.80. The number of rotatable bonds is 2. The van der Waals surface area contributed by atoms with Crippen molar-refractivity contribution < 1.29 is 14.3 Å². The van der Waals surface area contributed by atoms with Crippen LogP contribution in [0.5, 0.6) is 0 Å². The smallest absolute Gasteiger partial charge is 0.410 e. The molecule has 6 heteroatoms. The molecule has 19 heavy (non-hydrogen) atoms. The highest BCUT2D eigenvalue weighted by Gasteiger charge is 2.33. The largest absolute Gasteiger partial charge is 0.448 e. The molecule has 2 aliphatic rings. The molecule has 0 aliphatic carbocycles. The number of carbonyl (C=O) groups is 2. The second-order valence-corrected chi connectivity index (χ2v) is 5.76. The van der Waals surface area contributed by atoms with Crippen molar-refractivity contribution in [1.82, 2.24) is 9.80 Å². The molecule has 2 aliphatic heterocycles. The van der Waals surface area contributed by atoms with Crippen LogP contribution in [0.15, 0.2) is 17.5 Å². The Bertz CT molecular complexity index is 466. The first-order valence-electron chi connectivity index (χ1n) is 6.52. The zero-order valence-electron chi connectivity index (χ0n) is 10.6. The topological polar surface area (TPSA) is 49.9 Å². The third-order valence-electron chi connectivity index (χ3n) is 3.72. The molecular weight excluding hydrogens is 264 g/mol. The van der Waals surface area contributed by atoms with Crippen molar-refractivity contribution in [2.45, 2.75) is 18.9 Å². The second kappa shape index (κ2) is 5.21. The van der Waals surface area contributed by atoms with Gasteiger partial charge in [-0.05, 0) is 24.3 Å². The van der Waals surface area contributed by atoms with Crippen LogP contribution in [0.1, 0.15) is 22.5 Å². The van der Waals surface area contributed by atoms with E-state index in [9.17, 15) is 9.59 Å². The van der Waals surface area contributed by atoms with E-state index in [1.54, 1.807) is 4.90 Å². The van der Waals surface area contributed by atoms with Gasteiger partial charge in [-0.1, -0.05) is 6.07 Å². The summed E-state index contributed by atoms with van der Waals surface area (Å²) >= 11 is 1.48. The molecule has 3 heterocycles. The number of thiophene rings is 1. The van der Waals surface area contributed by atoms with Crippen molar-refractivity contribution in [3.8, 4) is 0 Å². The van der Waals surface area contributed by atoms with E-state index < -0.39 is 0 Å². The second-order valence-electron chi connectivity index (χ2n) is 4.81. The summed E-state index contributed by atoms with van der Waals surface area (Å²) < 4.78 is 4.96. The summed E-state index contributed by atoms with van der Waals surface area (Å²) in [6.07, 6.45) is 1.47. The summed E-state index contributed by atoms with van der Waals surface area (Å²) in [6, 6.07) is 3.98. The lowest BCUT2D eigenvalue weighted by molar-refractivity contribution is 0.0663. The fourth-order valence-electron chi connectivity index (χ4n) is 2.67. The van der Waals surface area contributed by atoms with Crippen LogP contribution in [0.25, 0.3) is 0 Å². The van der Waals surface area contributed by atoms with E-state index in [1.807, 2.05) is 22.4 Å². The Balaban J connectivity index is 1.57. The van der Waals surface area contributed by atoms with Crippen LogP contribution in [0.4, 0.5) is 4.79 Å². The molecule has 2 fully saturated rings. The third-order valence-corrected chi connectivity index (χ3v) is 4.57. The molecule has 0 N–H and O–H groups in total. The van der Waals surface area contributed by atoms with Crippen LogP contribution >= 0.6 is 11.3 Å². The van der Waals surface area contributed by atoms with E-state index in [2.05, 4.69) is 0 Å². The molecule has 0 aromatic carbocycles. The number of carbonyl (C=O) groups excluding carboxylic acids is 2. The van der Waals surface area contributed by atoms with E-state index in [4.69, 9.17) is 4.74 Å². The fourth-order valence-corrected chi connectivity index (χ4v) is 3.36. The first-order valence-corrected chi connectivity index (χ1v) is 7.40. The van der Waals surface area contributed by atoms with Crippen LogP contribution in [-0.2, 0) is 4.74 Å². The van der Waals surface area contributed by atoms with E-state index in [0.717, 1.165) is 17.7 Å². The zero-order chi connectivity index (χ0) is 13.2. The number of nitrogens with zero attached hydrogens (tertiary/aromatic N) is 2. The number of piperidine rings is 1. The first kappa shape index (κ1) is 12.5. The van der Waals surface area contributed by atoms with Gasteiger partial charge in [0.15, 0.2) is 0 Å². The van der Waals surface area contributed by atoms with Crippen molar-refractivity contribution in [2.24, 2.45) is 0 Å². The van der Waals surface area contributed by atoms with Gasteiger partial charge in [-0.25, -0.2) is 4.79 Å². The highest BCUT2D eigenvalue weighted by atomic mass is 32.1. The molecule has 1 aromatic heterocycles. The van der Waals surface area contributed by atoms with Crippen LogP contribution in [-0.4, -0.2) is 54.1 Å². The first-order chi connectivity index (χ1) is 9.25. The van der Waals surface area contributed by atoms with Crippen molar-refractivity contribution in [3.63, 3.8) is 0 Å². The molecule has 5 nitrogen and oxygen atoms in total. The van der Waals surface area contributed by atoms with E-state index in [0.29, 0.717) is 26.2 Å². The Labute approximate surface area is 115 Å². The molecule has 1 aromatic rings. The minimum atomic E-state index is -0.206. The summed E-state index contributed by atoms with van der Waals surface area (Å²) in [5.74, 6) is 0.109. The molecule has 0 saturated carbocycles. The van der Waals surface area contributed by atoms with Gasteiger partial charge in [0.2, 0.25) is 0 Å². The maximum atomic E-state index is 12.2. The molecule has 0 spiro atoms. The Morgan fingerprint density at radius 2 is 2.11 bits per heavy atom. The summed E-state index contributed by atoms with van der Waals surface area (Å²) in [7, 11) is 0. The van der Waals surface area contributed by atoms with Gasteiger partial charge in [0, 0.05) is 19.1 Å². The number of hydrogen-bond acceptors (Lipinski definition) is 4. The Morgan fingerprint density at radius 3 is 2.68 bits per heavy atom. The number of amides is 2. The lowest BCUT2D eigenvalue weighted by Crippen LogP contribution is -2.46. The van der Waals surface area contributed by atoms with Crippen LogP contribution in [0, 0.1) is 0 Å². The fraction of sp³-hybridized carbons (Fsp3) is 0.538. The molecule has 102 valence electrons. The molecule has 0 bridgehead atoms. The lowest BCUT2D eigenvalue weighted by atomic mass is 10.0. The van der Waals surface area contributed by atoms with E-state index in [1.165, 1.54) is 11.3 Å². The van der Waals surface area contributed by atoms with Crippen LogP contribution < -0.4 is 0 Å². The van der Waals surface area contributed by atoms with Crippen molar-refractivity contribution in [3.05, 3.63) is 22.4 Å². The van der Waals surface area contributed by atoms with Gasteiger partial charge in [0.1, 0.15) is 6.61 Å². The summed E-state index contributed by atoms with van der Waals surface area (Å²) in [6.45, 7) is 2.60. The van der Waals surface area contributed by atoms with Gasteiger partial charge in [-0.3, -0.25) is 4.79 Å². The molecule has 0 unspecified atom stereocenters. The average molecular weight is 280 g/mol. The molecular formula is C13H16N2O3S. The maximum Gasteiger partial charge on any atom is 0.410 e.